The molecule has 246 valence electrons. The van der Waals surface area contributed by atoms with Gasteiger partial charge in [-0.1, -0.05) is 12.1 Å². The minimum absolute atomic E-state index is 0.0221. The minimum atomic E-state index is -5.08. The van der Waals surface area contributed by atoms with Crippen LogP contribution in [0.25, 0.3) is 5.57 Å². The van der Waals surface area contributed by atoms with Crippen LogP contribution in [0, 0.1) is 0 Å². The summed E-state index contributed by atoms with van der Waals surface area (Å²) in [7, 11) is -4.13. The van der Waals surface area contributed by atoms with Gasteiger partial charge in [-0.15, -0.1) is 0 Å². The molecule has 16 heteroatoms. The maximum atomic E-state index is 15.0. The van der Waals surface area contributed by atoms with E-state index < -0.39 is 63.4 Å². The Hall–Kier alpha value is -3.56. The first-order valence-electron chi connectivity index (χ1n) is 14.6. The maximum Gasteiger partial charge on any atom is 0.416 e. The van der Waals surface area contributed by atoms with Crippen LogP contribution in [0.2, 0.25) is 0 Å². The van der Waals surface area contributed by atoms with E-state index in [4.69, 9.17) is 4.74 Å². The second-order valence-electron chi connectivity index (χ2n) is 11.6. The zero-order valence-electron chi connectivity index (χ0n) is 24.0. The number of carbonyl (C=O) groups is 2. The number of nitrogens with one attached hydrogen (secondary N) is 2. The number of ether oxygens (including phenoxy) is 1. The number of hydrogen-bond acceptors (Lipinski definition) is 6. The molecular weight excluding hydrogens is 630 g/mol. The molecule has 2 N–H and O–H groups in total. The fourth-order valence-electron chi connectivity index (χ4n) is 5.38. The van der Waals surface area contributed by atoms with Crippen molar-refractivity contribution in [2.24, 2.45) is 0 Å². The van der Waals surface area contributed by atoms with Crippen molar-refractivity contribution in [3.63, 3.8) is 0 Å². The summed E-state index contributed by atoms with van der Waals surface area (Å²) in [6.45, 7) is 0.0527. The van der Waals surface area contributed by atoms with Crippen LogP contribution in [0.15, 0.2) is 42.1 Å². The van der Waals surface area contributed by atoms with E-state index in [2.05, 4.69) is 5.10 Å². The van der Waals surface area contributed by atoms with Crippen molar-refractivity contribution in [2.75, 3.05) is 6.61 Å². The van der Waals surface area contributed by atoms with Crippen LogP contribution in [-0.4, -0.2) is 54.2 Å². The van der Waals surface area contributed by atoms with Gasteiger partial charge in [0.1, 0.15) is 11.3 Å². The van der Waals surface area contributed by atoms with Crippen molar-refractivity contribution >= 4 is 27.4 Å². The Morgan fingerprint density at radius 1 is 1.02 bits per heavy atom. The average molecular weight is 663 g/mol. The van der Waals surface area contributed by atoms with E-state index >= 15 is 0 Å². The van der Waals surface area contributed by atoms with Crippen LogP contribution < -0.4 is 14.8 Å². The molecule has 9 nitrogen and oxygen atoms in total. The molecule has 2 aromatic rings. The Balaban J connectivity index is 1.43. The highest BCUT2D eigenvalue weighted by Gasteiger charge is 2.60. The zero-order chi connectivity index (χ0) is 32.6. The molecule has 1 atom stereocenters. The lowest BCUT2D eigenvalue weighted by molar-refractivity contribution is -0.202. The molecule has 45 heavy (non-hydrogen) atoms. The van der Waals surface area contributed by atoms with E-state index in [0.717, 1.165) is 31.4 Å². The van der Waals surface area contributed by atoms with Gasteiger partial charge in [0.25, 0.3) is 11.8 Å². The molecule has 2 amide bonds. The first kappa shape index (κ1) is 32.8. The minimum Gasteiger partial charge on any atom is -0.494 e. The number of alkyl halides is 6. The lowest BCUT2D eigenvalue weighted by Crippen LogP contribution is -2.60. The second kappa shape index (κ2) is 12.3. The highest BCUT2D eigenvalue weighted by atomic mass is 32.2. The normalized spacial score (nSPS) is 21.3. The molecule has 0 spiro atoms. The molecule has 0 saturated heterocycles. The van der Waals surface area contributed by atoms with Gasteiger partial charge in [-0.25, -0.2) is 13.1 Å². The van der Waals surface area contributed by atoms with Crippen molar-refractivity contribution < 1.29 is 49.1 Å². The molecule has 5 rings (SSSR count). The SMILES string of the molecule is O=C1N[C@@](c2ccc(OCCCCCC(F)(F)F)cc2)(C(F)(F)F)CC(c2ccn(C3CCC3)n2)=C1C(=O)NS(=O)(=O)C1CC1. The third-order valence-electron chi connectivity index (χ3n) is 8.29. The van der Waals surface area contributed by atoms with Crippen molar-refractivity contribution in [1.82, 2.24) is 19.8 Å². The Kier molecular flexibility index (Phi) is 8.99. The Morgan fingerprint density at radius 3 is 2.29 bits per heavy atom. The van der Waals surface area contributed by atoms with Crippen molar-refractivity contribution in [2.45, 2.75) is 93.4 Å². The summed E-state index contributed by atoms with van der Waals surface area (Å²) in [4.78, 5) is 26.6. The number of sulfonamides is 1. The second-order valence-corrected chi connectivity index (χ2v) is 13.6. The summed E-state index contributed by atoms with van der Waals surface area (Å²) in [5.41, 5.74) is -4.54. The topological polar surface area (TPSA) is 119 Å². The van der Waals surface area contributed by atoms with Gasteiger partial charge in [-0.2, -0.15) is 31.4 Å². The summed E-state index contributed by atoms with van der Waals surface area (Å²) in [5.74, 6) is -2.56. The predicted molar refractivity (Wildman–Crippen MR) is 149 cm³/mol. The fourth-order valence-corrected chi connectivity index (χ4v) is 6.67. The summed E-state index contributed by atoms with van der Waals surface area (Å²) in [6.07, 6.45) is -5.93. The molecule has 1 aromatic heterocycles. The number of unbranched alkanes of at least 4 members (excludes halogenated alkanes) is 2. The van der Waals surface area contributed by atoms with Crippen LogP contribution in [-0.2, 0) is 25.2 Å². The van der Waals surface area contributed by atoms with E-state index in [-0.39, 0.29) is 48.1 Å². The van der Waals surface area contributed by atoms with Gasteiger partial charge in [-0.3, -0.25) is 14.3 Å². The van der Waals surface area contributed by atoms with Gasteiger partial charge >= 0.3 is 12.4 Å². The molecule has 1 aromatic carbocycles. The largest absolute Gasteiger partial charge is 0.494 e. The highest BCUT2D eigenvalue weighted by Crippen LogP contribution is 2.48. The average Bonchev–Trinajstić information content (AvgIpc) is 3.68. The van der Waals surface area contributed by atoms with Crippen LogP contribution in [0.5, 0.6) is 5.75 Å². The van der Waals surface area contributed by atoms with Gasteiger partial charge in [0, 0.05) is 24.6 Å². The molecule has 3 aliphatic rings. The first-order valence-corrected chi connectivity index (χ1v) is 16.2. The van der Waals surface area contributed by atoms with Crippen LogP contribution >= 0.6 is 0 Å². The number of carbonyl (C=O) groups excluding carboxylic acids is 2. The quantitative estimate of drug-likeness (QED) is 0.177. The van der Waals surface area contributed by atoms with Crippen molar-refractivity contribution in [3.05, 3.63) is 53.4 Å². The number of hydrogen-bond donors (Lipinski definition) is 2. The van der Waals surface area contributed by atoms with E-state index in [9.17, 15) is 44.3 Å². The predicted octanol–water partition coefficient (Wildman–Crippen LogP) is 5.45. The van der Waals surface area contributed by atoms with E-state index in [1.165, 1.54) is 18.2 Å². The Morgan fingerprint density at radius 2 is 1.71 bits per heavy atom. The molecule has 2 heterocycles. The summed E-state index contributed by atoms with van der Waals surface area (Å²) in [6, 6.07) is 6.16. The Bertz CT molecular complexity index is 1560. The standard InChI is InChI=1S/C29H32F6N4O5S/c30-28(31,32)14-2-1-3-16-44-20-9-7-18(8-10-20)27(29(33,34)35)17-22(23-13-15-39(37-23)19-5-4-6-19)24(25(40)36-27)26(41)38-45(42,43)21-11-12-21/h7-10,13,15,19,21H,1-6,11-12,14,16-17H2,(H,36,40)(H,38,41)/t27-/m0/s1. The lowest BCUT2D eigenvalue weighted by atomic mass is 9.77. The van der Waals surface area contributed by atoms with Crippen LogP contribution in [0.3, 0.4) is 0 Å². The lowest BCUT2D eigenvalue weighted by Gasteiger charge is -2.41. The van der Waals surface area contributed by atoms with E-state index in [1.807, 2.05) is 10.0 Å². The van der Waals surface area contributed by atoms with E-state index in [1.54, 1.807) is 10.9 Å². The first-order chi connectivity index (χ1) is 21.1. The number of rotatable bonds is 12. The molecule has 2 aliphatic carbocycles. The zero-order valence-corrected chi connectivity index (χ0v) is 24.8. The van der Waals surface area contributed by atoms with Crippen LogP contribution in [0.1, 0.15) is 81.5 Å². The highest BCUT2D eigenvalue weighted by molar-refractivity contribution is 7.91. The van der Waals surface area contributed by atoms with E-state index in [0.29, 0.717) is 19.3 Å². The number of nitrogens with zero attached hydrogens (tertiary/aromatic N) is 2. The van der Waals surface area contributed by atoms with Gasteiger partial charge in [-0.05, 0) is 75.1 Å². The maximum absolute atomic E-state index is 15.0. The molecule has 0 radical (unpaired) electrons. The molecule has 0 unspecified atom stereocenters. The molecule has 2 saturated carbocycles. The number of benzene rings is 1. The summed E-state index contributed by atoms with van der Waals surface area (Å²) < 4.78 is 116. The Labute approximate surface area is 255 Å². The third kappa shape index (κ3) is 7.31. The number of halogens is 6. The number of aromatic nitrogens is 2. The molecule has 1 aliphatic heterocycles. The van der Waals surface area contributed by atoms with Gasteiger partial charge in [0.2, 0.25) is 10.0 Å². The molecule has 2 fully saturated rings. The smallest absolute Gasteiger partial charge is 0.416 e. The summed E-state index contributed by atoms with van der Waals surface area (Å²) >= 11 is 0. The van der Waals surface area contributed by atoms with Crippen molar-refractivity contribution in [3.8, 4) is 5.75 Å². The number of amides is 2. The van der Waals surface area contributed by atoms with Gasteiger partial charge < -0.3 is 10.1 Å². The van der Waals surface area contributed by atoms with Gasteiger partial charge in [0.05, 0.1) is 23.6 Å². The monoisotopic (exact) mass is 662 g/mol. The fraction of sp³-hybridized carbons (Fsp3) is 0.552. The van der Waals surface area contributed by atoms with Crippen LogP contribution in [0.4, 0.5) is 26.3 Å². The third-order valence-corrected chi connectivity index (χ3v) is 10.1. The molecule has 0 bridgehead atoms. The van der Waals surface area contributed by atoms with Gasteiger partial charge in [0.15, 0.2) is 5.54 Å². The molecular formula is C29H32F6N4O5S. The van der Waals surface area contributed by atoms with Crippen molar-refractivity contribution in [1.29, 1.82) is 0 Å². The summed E-state index contributed by atoms with van der Waals surface area (Å²) in [5, 5.41) is 5.53.